The summed E-state index contributed by atoms with van der Waals surface area (Å²) in [4.78, 5) is 24.2. The van der Waals surface area contributed by atoms with Crippen LogP contribution in [0.25, 0.3) is 0 Å². The van der Waals surface area contributed by atoms with Crippen molar-refractivity contribution in [2.45, 2.75) is 6.92 Å². The Morgan fingerprint density at radius 1 is 1.62 bits per heavy atom. The number of ketones is 1. The Morgan fingerprint density at radius 3 is 2.69 bits per heavy atom. The van der Waals surface area contributed by atoms with Crippen LogP contribution in [0, 0.1) is 13.7 Å². The maximum absolute atomic E-state index is 10.9. The first kappa shape index (κ1) is 10.0. The maximum Gasteiger partial charge on any atom is 0.365 e. The minimum absolute atomic E-state index is 0.124. The third kappa shape index (κ3) is 2.44. The number of pyridine rings is 1. The molecule has 0 amide bonds. The molecule has 0 aliphatic heterocycles. The summed E-state index contributed by atoms with van der Waals surface area (Å²) in [7, 11) is 0. The van der Waals surface area contributed by atoms with Crippen molar-refractivity contribution < 1.29 is 9.72 Å². The molecule has 5 nitrogen and oxygen atoms in total. The third-order valence-corrected chi connectivity index (χ3v) is 1.95. The highest BCUT2D eigenvalue weighted by molar-refractivity contribution is 14.1. The van der Waals surface area contributed by atoms with Crippen molar-refractivity contribution in [1.29, 1.82) is 0 Å². The van der Waals surface area contributed by atoms with Crippen molar-refractivity contribution in [2.24, 2.45) is 0 Å². The summed E-state index contributed by atoms with van der Waals surface area (Å²) < 4.78 is 0.629. The van der Waals surface area contributed by atoms with Gasteiger partial charge in [-0.2, -0.15) is 0 Å². The molecule has 1 rings (SSSR count). The number of Topliss-reactive ketones (excluding diaryl/α,β-unsaturated/α-hetero) is 1. The standard InChI is InChI=1S/C7H5IN2O3/c1-4(11)6-2-5(8)3-7(9-6)10(12)13/h2-3H,1H3. The lowest BCUT2D eigenvalue weighted by molar-refractivity contribution is -0.389. The second-order valence-corrected chi connectivity index (χ2v) is 3.59. The van der Waals surface area contributed by atoms with Crippen LogP contribution >= 0.6 is 22.6 Å². The van der Waals surface area contributed by atoms with Crippen LogP contribution < -0.4 is 0 Å². The number of halogens is 1. The van der Waals surface area contributed by atoms with E-state index in [0.717, 1.165) is 0 Å². The quantitative estimate of drug-likeness (QED) is 0.360. The van der Waals surface area contributed by atoms with Gasteiger partial charge in [0.05, 0.1) is 0 Å². The van der Waals surface area contributed by atoms with E-state index < -0.39 is 4.92 Å². The lowest BCUT2D eigenvalue weighted by Gasteiger charge is -1.94. The first-order valence-corrected chi connectivity index (χ1v) is 4.41. The van der Waals surface area contributed by atoms with Gasteiger partial charge in [-0.25, -0.2) is 0 Å². The molecule has 0 saturated heterocycles. The zero-order valence-electron chi connectivity index (χ0n) is 6.65. The Morgan fingerprint density at radius 2 is 2.23 bits per heavy atom. The minimum Gasteiger partial charge on any atom is -0.358 e. The van der Waals surface area contributed by atoms with Crippen LogP contribution in [0.2, 0.25) is 0 Å². The molecule has 1 aromatic rings. The second-order valence-electron chi connectivity index (χ2n) is 2.34. The van der Waals surface area contributed by atoms with Crippen LogP contribution in [-0.2, 0) is 0 Å². The molecule has 0 atom stereocenters. The number of aromatic nitrogens is 1. The average Bonchev–Trinajstić information content (AvgIpc) is 2.03. The van der Waals surface area contributed by atoms with Crippen molar-refractivity contribution >= 4 is 34.2 Å². The monoisotopic (exact) mass is 292 g/mol. The number of carbonyl (C=O) groups excluding carboxylic acids is 1. The topological polar surface area (TPSA) is 73.1 Å². The van der Waals surface area contributed by atoms with E-state index in [4.69, 9.17) is 0 Å². The van der Waals surface area contributed by atoms with E-state index in [0.29, 0.717) is 3.57 Å². The number of carbonyl (C=O) groups is 1. The number of hydrogen-bond donors (Lipinski definition) is 0. The predicted octanol–water partition coefficient (Wildman–Crippen LogP) is 1.80. The highest BCUT2D eigenvalue weighted by Crippen LogP contribution is 2.14. The summed E-state index contributed by atoms with van der Waals surface area (Å²) in [5, 5.41) is 10.4. The Balaban J connectivity index is 3.26. The number of rotatable bonds is 2. The van der Waals surface area contributed by atoms with Gasteiger partial charge in [-0.15, -0.1) is 0 Å². The van der Waals surface area contributed by atoms with E-state index >= 15 is 0 Å². The van der Waals surface area contributed by atoms with E-state index in [2.05, 4.69) is 4.98 Å². The first-order valence-electron chi connectivity index (χ1n) is 3.33. The lowest BCUT2D eigenvalue weighted by atomic mass is 10.3. The van der Waals surface area contributed by atoms with Crippen molar-refractivity contribution in [2.75, 3.05) is 0 Å². The SMILES string of the molecule is CC(=O)c1cc(I)cc([N+](=O)[O-])n1. The number of hydrogen-bond acceptors (Lipinski definition) is 4. The van der Waals surface area contributed by atoms with E-state index in [9.17, 15) is 14.9 Å². The van der Waals surface area contributed by atoms with E-state index in [-0.39, 0.29) is 17.3 Å². The number of nitrogens with zero attached hydrogens (tertiary/aromatic N) is 2. The summed E-state index contributed by atoms with van der Waals surface area (Å²) in [5.74, 6) is -0.571. The van der Waals surface area contributed by atoms with Crippen LogP contribution in [0.4, 0.5) is 5.82 Å². The van der Waals surface area contributed by atoms with Crippen molar-refractivity contribution in [3.63, 3.8) is 0 Å². The van der Waals surface area contributed by atoms with Gasteiger partial charge in [0, 0.05) is 22.6 Å². The molecule has 0 radical (unpaired) electrons. The molecule has 0 aromatic carbocycles. The van der Waals surface area contributed by atoms with E-state index in [1.807, 2.05) is 22.6 Å². The molecule has 0 N–H and O–H groups in total. The molecule has 0 aliphatic rings. The molecule has 0 bridgehead atoms. The van der Waals surface area contributed by atoms with Gasteiger partial charge in [0.1, 0.15) is 0 Å². The van der Waals surface area contributed by atoms with E-state index in [1.165, 1.54) is 19.1 Å². The highest BCUT2D eigenvalue weighted by Gasteiger charge is 2.14. The zero-order valence-corrected chi connectivity index (χ0v) is 8.81. The Kier molecular flexibility index (Phi) is 2.91. The molecule has 1 aromatic heterocycles. The van der Waals surface area contributed by atoms with Crippen LogP contribution in [-0.4, -0.2) is 15.7 Å². The molecule has 0 unspecified atom stereocenters. The summed E-state index contributed by atoms with van der Waals surface area (Å²) in [6, 6.07) is 2.82. The van der Waals surface area contributed by atoms with Crippen LogP contribution in [0.1, 0.15) is 17.4 Å². The fourth-order valence-electron chi connectivity index (χ4n) is 0.757. The van der Waals surface area contributed by atoms with Gasteiger partial charge < -0.3 is 10.1 Å². The molecular formula is C7H5IN2O3. The van der Waals surface area contributed by atoms with Crippen LogP contribution in [0.15, 0.2) is 12.1 Å². The fourth-order valence-corrected chi connectivity index (χ4v) is 1.33. The predicted molar refractivity (Wildman–Crippen MR) is 53.6 cm³/mol. The fraction of sp³-hybridized carbons (Fsp3) is 0.143. The average molecular weight is 292 g/mol. The Bertz CT molecular complexity index is 346. The van der Waals surface area contributed by atoms with Crippen molar-refractivity contribution in [3.8, 4) is 0 Å². The first-order chi connectivity index (χ1) is 6.00. The highest BCUT2D eigenvalue weighted by atomic mass is 127. The molecular weight excluding hydrogens is 287 g/mol. The lowest BCUT2D eigenvalue weighted by Crippen LogP contribution is -2.01. The van der Waals surface area contributed by atoms with Gasteiger partial charge in [0.25, 0.3) is 0 Å². The molecule has 0 fully saturated rings. The zero-order chi connectivity index (χ0) is 10.0. The van der Waals surface area contributed by atoms with Gasteiger partial charge in [0.15, 0.2) is 0 Å². The number of nitro groups is 1. The van der Waals surface area contributed by atoms with Crippen LogP contribution in [0.5, 0.6) is 0 Å². The Labute approximate surface area is 87.5 Å². The summed E-state index contributed by atoms with van der Waals surface area (Å²) in [6.45, 7) is 1.32. The van der Waals surface area contributed by atoms with Crippen LogP contribution in [0.3, 0.4) is 0 Å². The van der Waals surface area contributed by atoms with Gasteiger partial charge in [-0.05, 0) is 32.5 Å². The van der Waals surface area contributed by atoms with Gasteiger partial charge >= 0.3 is 5.82 Å². The van der Waals surface area contributed by atoms with Crippen molar-refractivity contribution in [1.82, 2.24) is 4.98 Å². The van der Waals surface area contributed by atoms with E-state index in [1.54, 1.807) is 0 Å². The Hall–Kier alpha value is -1.05. The summed E-state index contributed by atoms with van der Waals surface area (Å²) in [6.07, 6.45) is 0. The van der Waals surface area contributed by atoms with Crippen molar-refractivity contribution in [3.05, 3.63) is 31.5 Å². The minimum atomic E-state index is -0.616. The summed E-state index contributed by atoms with van der Waals surface area (Å²) >= 11 is 1.90. The largest absolute Gasteiger partial charge is 0.365 e. The third-order valence-electron chi connectivity index (χ3n) is 1.32. The molecule has 1 heterocycles. The molecule has 6 heteroatoms. The molecule has 13 heavy (non-hydrogen) atoms. The molecule has 0 spiro atoms. The smallest absolute Gasteiger partial charge is 0.358 e. The molecule has 0 saturated carbocycles. The normalized spacial score (nSPS) is 9.69. The molecule has 68 valence electrons. The summed E-state index contributed by atoms with van der Waals surface area (Å²) in [5.41, 5.74) is 0.124. The van der Waals surface area contributed by atoms with Gasteiger partial charge in [-0.3, -0.25) is 4.79 Å². The van der Waals surface area contributed by atoms with Gasteiger partial charge in [0.2, 0.25) is 11.5 Å². The molecule has 0 aliphatic carbocycles. The second kappa shape index (κ2) is 3.77. The maximum atomic E-state index is 10.9. The van der Waals surface area contributed by atoms with Gasteiger partial charge in [-0.1, -0.05) is 0 Å².